The summed E-state index contributed by atoms with van der Waals surface area (Å²) in [5, 5.41) is 0. The fraction of sp³-hybridized carbons (Fsp3) is 0.650. The standard InChI is InChI=1S/C20H25NO5/c22-19(16-2-1-3-17-18(16)24-9-8-23-17)21-12-20(13-21)10-15(6-7-26-20)25-11-14-4-5-14/h1-3,14-15H,4-13H2/t15-/m0/s1. The molecule has 1 aliphatic carbocycles. The maximum Gasteiger partial charge on any atom is 0.257 e. The highest BCUT2D eigenvalue weighted by atomic mass is 16.6. The van der Waals surface area contributed by atoms with Crippen LogP contribution in [0.1, 0.15) is 36.0 Å². The maximum absolute atomic E-state index is 12.9. The van der Waals surface area contributed by atoms with E-state index >= 15 is 0 Å². The van der Waals surface area contributed by atoms with Gasteiger partial charge in [-0.2, -0.15) is 0 Å². The Morgan fingerprint density at radius 3 is 2.85 bits per heavy atom. The molecule has 6 nitrogen and oxygen atoms in total. The summed E-state index contributed by atoms with van der Waals surface area (Å²) in [5.41, 5.74) is 0.350. The minimum atomic E-state index is -0.228. The van der Waals surface area contributed by atoms with E-state index in [-0.39, 0.29) is 17.6 Å². The van der Waals surface area contributed by atoms with Crippen molar-refractivity contribution in [3.63, 3.8) is 0 Å². The number of rotatable bonds is 4. The lowest BCUT2D eigenvalue weighted by molar-refractivity contribution is -0.186. The van der Waals surface area contributed by atoms with Gasteiger partial charge in [0, 0.05) is 19.6 Å². The zero-order valence-corrected chi connectivity index (χ0v) is 14.9. The highest BCUT2D eigenvalue weighted by molar-refractivity contribution is 5.98. The van der Waals surface area contributed by atoms with Gasteiger partial charge >= 0.3 is 0 Å². The highest BCUT2D eigenvalue weighted by Crippen LogP contribution is 2.40. The molecule has 3 aliphatic heterocycles. The number of hydrogen-bond acceptors (Lipinski definition) is 5. The number of ether oxygens (including phenoxy) is 4. The van der Waals surface area contributed by atoms with Crippen molar-refractivity contribution in [1.29, 1.82) is 0 Å². The number of para-hydroxylation sites is 1. The number of carbonyl (C=O) groups is 1. The lowest BCUT2D eigenvalue weighted by Crippen LogP contribution is -2.67. The summed E-state index contributed by atoms with van der Waals surface area (Å²) >= 11 is 0. The molecular weight excluding hydrogens is 334 g/mol. The quantitative estimate of drug-likeness (QED) is 0.825. The first-order chi connectivity index (χ1) is 12.7. The third-order valence-corrected chi connectivity index (χ3v) is 5.75. The van der Waals surface area contributed by atoms with E-state index in [1.807, 2.05) is 23.1 Å². The van der Waals surface area contributed by atoms with Crippen molar-refractivity contribution >= 4 is 5.91 Å². The third-order valence-electron chi connectivity index (χ3n) is 5.75. The number of carbonyl (C=O) groups excluding carboxylic acids is 1. The number of hydrogen-bond donors (Lipinski definition) is 0. The molecule has 1 aromatic carbocycles. The predicted molar refractivity (Wildman–Crippen MR) is 93.7 cm³/mol. The normalized spacial score (nSPS) is 26.5. The van der Waals surface area contributed by atoms with Gasteiger partial charge in [-0.1, -0.05) is 6.07 Å². The van der Waals surface area contributed by atoms with Crippen LogP contribution >= 0.6 is 0 Å². The SMILES string of the molecule is O=C(c1cccc2c1OCCO2)N1CC2(C[C@@H](OCC3CC3)CCO2)C1. The van der Waals surface area contributed by atoms with E-state index in [4.69, 9.17) is 18.9 Å². The molecule has 0 bridgehead atoms. The van der Waals surface area contributed by atoms with Gasteiger partial charge in [0.1, 0.15) is 18.8 Å². The molecule has 1 aromatic rings. The van der Waals surface area contributed by atoms with Crippen LogP contribution in [0.4, 0.5) is 0 Å². The van der Waals surface area contributed by atoms with Gasteiger partial charge in [0.05, 0.1) is 24.8 Å². The van der Waals surface area contributed by atoms with Gasteiger partial charge < -0.3 is 23.8 Å². The van der Waals surface area contributed by atoms with E-state index in [9.17, 15) is 4.79 Å². The van der Waals surface area contributed by atoms with Crippen LogP contribution < -0.4 is 9.47 Å². The van der Waals surface area contributed by atoms with Gasteiger partial charge in [-0.05, 0) is 37.3 Å². The van der Waals surface area contributed by atoms with Crippen molar-refractivity contribution in [3.05, 3.63) is 23.8 Å². The van der Waals surface area contributed by atoms with E-state index in [2.05, 4.69) is 0 Å². The largest absolute Gasteiger partial charge is 0.486 e. The maximum atomic E-state index is 12.9. The Balaban J connectivity index is 1.22. The molecule has 0 radical (unpaired) electrons. The molecule has 6 heteroatoms. The molecule has 3 fully saturated rings. The predicted octanol–water partition coefficient (Wildman–Crippen LogP) is 2.26. The average molecular weight is 359 g/mol. The first-order valence-corrected chi connectivity index (χ1v) is 9.66. The van der Waals surface area contributed by atoms with Crippen LogP contribution in [-0.4, -0.2) is 62.0 Å². The second-order valence-corrected chi connectivity index (χ2v) is 7.91. The second kappa shape index (κ2) is 6.43. The summed E-state index contributed by atoms with van der Waals surface area (Å²) in [6, 6.07) is 5.49. The van der Waals surface area contributed by atoms with Crippen molar-refractivity contribution in [1.82, 2.24) is 4.90 Å². The van der Waals surface area contributed by atoms with Crippen LogP contribution in [0.3, 0.4) is 0 Å². The number of benzene rings is 1. The molecule has 3 heterocycles. The third kappa shape index (κ3) is 3.05. The van der Waals surface area contributed by atoms with Crippen molar-refractivity contribution < 1.29 is 23.7 Å². The molecule has 1 saturated carbocycles. The van der Waals surface area contributed by atoms with Crippen LogP contribution in [-0.2, 0) is 9.47 Å². The molecule has 1 spiro atoms. The average Bonchev–Trinajstić information content (AvgIpc) is 3.48. The molecule has 2 saturated heterocycles. The van der Waals surface area contributed by atoms with Crippen molar-refractivity contribution in [2.45, 2.75) is 37.4 Å². The Labute approximate surface area is 153 Å². The lowest BCUT2D eigenvalue weighted by atomic mass is 9.84. The van der Waals surface area contributed by atoms with Crippen LogP contribution in [0.2, 0.25) is 0 Å². The van der Waals surface area contributed by atoms with Crippen LogP contribution in [0.25, 0.3) is 0 Å². The lowest BCUT2D eigenvalue weighted by Gasteiger charge is -2.53. The number of nitrogens with zero attached hydrogens (tertiary/aromatic N) is 1. The zero-order chi connectivity index (χ0) is 17.6. The van der Waals surface area contributed by atoms with Crippen LogP contribution in [0, 0.1) is 5.92 Å². The van der Waals surface area contributed by atoms with Gasteiger partial charge in [-0.15, -0.1) is 0 Å². The second-order valence-electron chi connectivity index (χ2n) is 7.91. The fourth-order valence-corrected chi connectivity index (χ4v) is 4.11. The molecule has 0 aromatic heterocycles. The molecule has 0 unspecified atom stereocenters. The molecule has 140 valence electrons. The highest BCUT2D eigenvalue weighted by Gasteiger charge is 2.50. The van der Waals surface area contributed by atoms with Crippen molar-refractivity contribution in [2.24, 2.45) is 5.92 Å². The summed E-state index contributed by atoms with van der Waals surface area (Å²) in [4.78, 5) is 14.8. The summed E-state index contributed by atoms with van der Waals surface area (Å²) < 4.78 is 23.4. The Morgan fingerprint density at radius 1 is 1.15 bits per heavy atom. The summed E-state index contributed by atoms with van der Waals surface area (Å²) in [5.74, 6) is 1.99. The van der Waals surface area contributed by atoms with E-state index in [1.165, 1.54) is 12.8 Å². The van der Waals surface area contributed by atoms with Gasteiger partial charge in [0.2, 0.25) is 0 Å². The summed E-state index contributed by atoms with van der Waals surface area (Å²) in [7, 11) is 0. The zero-order valence-electron chi connectivity index (χ0n) is 14.9. The number of likely N-dealkylation sites (tertiary alicyclic amines) is 1. The molecule has 1 atom stereocenters. The smallest absolute Gasteiger partial charge is 0.257 e. The Kier molecular flexibility index (Phi) is 4.05. The fourth-order valence-electron chi connectivity index (χ4n) is 4.11. The van der Waals surface area contributed by atoms with Gasteiger partial charge in [0.25, 0.3) is 5.91 Å². The van der Waals surface area contributed by atoms with Gasteiger partial charge in [0.15, 0.2) is 11.5 Å². The Morgan fingerprint density at radius 2 is 2.00 bits per heavy atom. The van der Waals surface area contributed by atoms with E-state index < -0.39 is 0 Å². The number of amides is 1. The Bertz CT molecular complexity index is 695. The first kappa shape index (κ1) is 16.4. The number of fused-ring (bicyclic) bond motifs is 1. The van der Waals surface area contributed by atoms with E-state index in [0.717, 1.165) is 32.0 Å². The minimum absolute atomic E-state index is 0.0115. The molecule has 1 amide bonds. The molecular formula is C20H25NO5. The van der Waals surface area contributed by atoms with E-state index in [1.54, 1.807) is 0 Å². The molecule has 0 N–H and O–H groups in total. The summed E-state index contributed by atoms with van der Waals surface area (Å²) in [6.45, 7) is 3.85. The molecule has 26 heavy (non-hydrogen) atoms. The van der Waals surface area contributed by atoms with Gasteiger partial charge in [-0.3, -0.25) is 4.79 Å². The molecule has 4 aliphatic rings. The summed E-state index contributed by atoms with van der Waals surface area (Å²) in [6.07, 6.45) is 4.73. The first-order valence-electron chi connectivity index (χ1n) is 9.66. The topological polar surface area (TPSA) is 57.2 Å². The van der Waals surface area contributed by atoms with Crippen molar-refractivity contribution in [2.75, 3.05) is 39.5 Å². The van der Waals surface area contributed by atoms with E-state index in [0.29, 0.717) is 43.4 Å². The van der Waals surface area contributed by atoms with Crippen LogP contribution in [0.15, 0.2) is 18.2 Å². The van der Waals surface area contributed by atoms with Gasteiger partial charge in [-0.25, -0.2) is 0 Å². The monoisotopic (exact) mass is 359 g/mol. The van der Waals surface area contributed by atoms with Crippen LogP contribution in [0.5, 0.6) is 11.5 Å². The van der Waals surface area contributed by atoms with Crippen molar-refractivity contribution in [3.8, 4) is 11.5 Å². The Hall–Kier alpha value is -1.79. The minimum Gasteiger partial charge on any atom is -0.486 e. The molecule has 5 rings (SSSR count).